The van der Waals surface area contributed by atoms with Crippen LogP contribution >= 0.6 is 0 Å². The zero-order valence-corrected chi connectivity index (χ0v) is 14.5. The van der Waals surface area contributed by atoms with E-state index in [1.165, 1.54) is 7.11 Å². The van der Waals surface area contributed by atoms with E-state index in [-0.39, 0.29) is 5.91 Å². The second-order valence-corrected chi connectivity index (χ2v) is 6.25. The number of nitrogens with zero attached hydrogens (tertiary/aromatic N) is 3. The van der Waals surface area contributed by atoms with Gasteiger partial charge in [-0.1, -0.05) is 6.07 Å². The predicted molar refractivity (Wildman–Crippen MR) is 96.7 cm³/mol. The Morgan fingerprint density at radius 2 is 2.04 bits per heavy atom. The number of ether oxygens (including phenoxy) is 2. The van der Waals surface area contributed by atoms with Gasteiger partial charge in [0.1, 0.15) is 11.5 Å². The molecule has 0 aromatic carbocycles. The minimum atomic E-state index is -0.228. The maximum Gasteiger partial charge on any atom is 0.258 e. The Hall–Kier alpha value is -2.93. The van der Waals surface area contributed by atoms with E-state index in [0.29, 0.717) is 23.2 Å². The molecule has 0 saturated carbocycles. The molecular weight excluding hydrogens is 332 g/mol. The van der Waals surface area contributed by atoms with Crippen molar-refractivity contribution in [2.45, 2.75) is 18.8 Å². The summed E-state index contributed by atoms with van der Waals surface area (Å²) in [5.74, 6) is 1.09. The van der Waals surface area contributed by atoms with Gasteiger partial charge >= 0.3 is 0 Å². The molecule has 1 fully saturated rings. The van der Waals surface area contributed by atoms with E-state index in [1.54, 1.807) is 30.5 Å². The maximum atomic E-state index is 12.5. The summed E-state index contributed by atoms with van der Waals surface area (Å²) in [6.07, 6.45) is 5.77. The number of rotatable bonds is 4. The van der Waals surface area contributed by atoms with Crippen LogP contribution in [0.2, 0.25) is 0 Å². The Kier molecular flexibility index (Phi) is 4.53. The second-order valence-electron chi connectivity index (χ2n) is 6.25. The van der Waals surface area contributed by atoms with Crippen LogP contribution in [-0.4, -0.2) is 40.6 Å². The van der Waals surface area contributed by atoms with Crippen molar-refractivity contribution >= 4 is 17.4 Å². The zero-order chi connectivity index (χ0) is 17.9. The maximum absolute atomic E-state index is 12.5. The van der Waals surface area contributed by atoms with Crippen LogP contribution < -0.4 is 10.1 Å². The number of anilines is 1. The Morgan fingerprint density at radius 1 is 1.19 bits per heavy atom. The highest BCUT2D eigenvalue weighted by molar-refractivity contribution is 6.03. The Morgan fingerprint density at radius 3 is 2.85 bits per heavy atom. The fraction of sp³-hybridized carbons (Fsp3) is 0.316. The van der Waals surface area contributed by atoms with Crippen LogP contribution in [-0.2, 0) is 4.74 Å². The van der Waals surface area contributed by atoms with Gasteiger partial charge in [0.15, 0.2) is 0 Å². The Bertz CT molecular complexity index is 931. The molecule has 0 aliphatic carbocycles. The van der Waals surface area contributed by atoms with Crippen molar-refractivity contribution in [1.82, 2.24) is 14.4 Å². The molecule has 0 radical (unpaired) electrons. The third-order valence-electron chi connectivity index (χ3n) is 4.55. The van der Waals surface area contributed by atoms with Gasteiger partial charge in [-0.3, -0.25) is 4.79 Å². The molecule has 1 amide bonds. The topological polar surface area (TPSA) is 77.8 Å². The first-order valence-corrected chi connectivity index (χ1v) is 8.62. The number of fused-ring (bicyclic) bond motifs is 1. The zero-order valence-electron chi connectivity index (χ0n) is 14.5. The standard InChI is InChI=1S/C19H20N4O3/c1-25-18-4-2-3-16(21-18)22-19(24)14-5-6-17-20-15(12-23(17)11-14)13-7-9-26-10-8-13/h2-6,11-13H,7-10H2,1H3,(H,21,22,24). The van der Waals surface area contributed by atoms with E-state index in [9.17, 15) is 4.79 Å². The van der Waals surface area contributed by atoms with Gasteiger partial charge in [-0.05, 0) is 31.0 Å². The largest absolute Gasteiger partial charge is 0.481 e. The summed E-state index contributed by atoms with van der Waals surface area (Å²) < 4.78 is 12.4. The average Bonchev–Trinajstić information content (AvgIpc) is 3.12. The van der Waals surface area contributed by atoms with Crippen LogP contribution in [0.5, 0.6) is 5.88 Å². The first-order chi connectivity index (χ1) is 12.7. The number of carbonyl (C=O) groups excluding carboxylic acids is 1. The van der Waals surface area contributed by atoms with Gasteiger partial charge in [0.2, 0.25) is 5.88 Å². The highest BCUT2D eigenvalue weighted by Crippen LogP contribution is 2.26. The highest BCUT2D eigenvalue weighted by atomic mass is 16.5. The normalized spacial score (nSPS) is 15.1. The number of imidazole rings is 1. The summed E-state index contributed by atoms with van der Waals surface area (Å²) >= 11 is 0. The van der Waals surface area contributed by atoms with Gasteiger partial charge in [0, 0.05) is 37.6 Å². The summed E-state index contributed by atoms with van der Waals surface area (Å²) in [4.78, 5) is 21.4. The van der Waals surface area contributed by atoms with E-state index >= 15 is 0 Å². The monoisotopic (exact) mass is 352 g/mol. The first kappa shape index (κ1) is 16.5. The fourth-order valence-corrected chi connectivity index (χ4v) is 3.12. The molecule has 4 heterocycles. The number of aromatic nitrogens is 3. The lowest BCUT2D eigenvalue weighted by molar-refractivity contribution is 0.0846. The van der Waals surface area contributed by atoms with Crippen molar-refractivity contribution in [1.29, 1.82) is 0 Å². The molecule has 134 valence electrons. The van der Waals surface area contributed by atoms with Crippen molar-refractivity contribution in [3.63, 3.8) is 0 Å². The molecule has 1 aliphatic rings. The summed E-state index contributed by atoms with van der Waals surface area (Å²) in [5.41, 5.74) is 2.43. The lowest BCUT2D eigenvalue weighted by Gasteiger charge is -2.19. The molecule has 3 aromatic heterocycles. The number of carbonyl (C=O) groups is 1. The van der Waals surface area contributed by atoms with E-state index in [0.717, 1.165) is 37.4 Å². The SMILES string of the molecule is COc1cccc(NC(=O)c2ccc3nc(C4CCOCC4)cn3c2)n1. The van der Waals surface area contributed by atoms with Gasteiger partial charge < -0.3 is 19.2 Å². The Labute approximate surface area is 151 Å². The van der Waals surface area contributed by atoms with E-state index in [4.69, 9.17) is 14.5 Å². The summed E-state index contributed by atoms with van der Waals surface area (Å²) in [6, 6.07) is 8.85. The van der Waals surface area contributed by atoms with Gasteiger partial charge in [-0.15, -0.1) is 0 Å². The van der Waals surface area contributed by atoms with Gasteiger partial charge in [0.25, 0.3) is 5.91 Å². The predicted octanol–water partition coefficient (Wildman–Crippen LogP) is 2.88. The minimum absolute atomic E-state index is 0.228. The fourth-order valence-electron chi connectivity index (χ4n) is 3.12. The molecule has 0 bridgehead atoms. The second kappa shape index (κ2) is 7.13. The van der Waals surface area contributed by atoms with Crippen molar-refractivity contribution < 1.29 is 14.3 Å². The van der Waals surface area contributed by atoms with E-state index in [2.05, 4.69) is 10.3 Å². The molecule has 1 aliphatic heterocycles. The van der Waals surface area contributed by atoms with Crippen LogP contribution in [0.25, 0.3) is 5.65 Å². The summed E-state index contributed by atoms with van der Waals surface area (Å²) in [6.45, 7) is 1.56. The van der Waals surface area contributed by atoms with Crippen LogP contribution in [0, 0.1) is 0 Å². The van der Waals surface area contributed by atoms with Gasteiger partial charge in [-0.25, -0.2) is 4.98 Å². The molecule has 4 rings (SSSR count). The number of hydrogen-bond acceptors (Lipinski definition) is 5. The van der Waals surface area contributed by atoms with E-state index < -0.39 is 0 Å². The molecule has 7 heteroatoms. The molecule has 1 N–H and O–H groups in total. The molecule has 0 atom stereocenters. The quantitative estimate of drug-likeness (QED) is 0.781. The number of pyridine rings is 2. The van der Waals surface area contributed by atoms with Crippen molar-refractivity contribution in [3.8, 4) is 5.88 Å². The molecule has 0 spiro atoms. The Balaban J connectivity index is 1.55. The lowest BCUT2D eigenvalue weighted by atomic mass is 9.97. The molecule has 3 aromatic rings. The summed E-state index contributed by atoms with van der Waals surface area (Å²) in [5, 5.41) is 2.79. The van der Waals surface area contributed by atoms with Gasteiger partial charge in [-0.2, -0.15) is 4.98 Å². The van der Waals surface area contributed by atoms with Crippen LogP contribution in [0.15, 0.2) is 42.7 Å². The number of nitrogens with one attached hydrogen (secondary N) is 1. The third kappa shape index (κ3) is 3.39. The molecule has 0 unspecified atom stereocenters. The first-order valence-electron chi connectivity index (χ1n) is 8.62. The summed E-state index contributed by atoms with van der Waals surface area (Å²) in [7, 11) is 1.54. The van der Waals surface area contributed by atoms with Crippen molar-refractivity contribution in [3.05, 3.63) is 54.0 Å². The van der Waals surface area contributed by atoms with Crippen LogP contribution in [0.4, 0.5) is 5.82 Å². The lowest BCUT2D eigenvalue weighted by Crippen LogP contribution is -2.14. The number of methoxy groups -OCH3 is 1. The van der Waals surface area contributed by atoms with Crippen molar-refractivity contribution in [2.75, 3.05) is 25.6 Å². The molecule has 26 heavy (non-hydrogen) atoms. The third-order valence-corrected chi connectivity index (χ3v) is 4.55. The van der Waals surface area contributed by atoms with Crippen LogP contribution in [0.1, 0.15) is 34.8 Å². The van der Waals surface area contributed by atoms with Crippen LogP contribution in [0.3, 0.4) is 0 Å². The highest BCUT2D eigenvalue weighted by Gasteiger charge is 2.19. The molecule has 1 saturated heterocycles. The molecule has 7 nitrogen and oxygen atoms in total. The smallest absolute Gasteiger partial charge is 0.258 e. The molecular formula is C19H20N4O3. The van der Waals surface area contributed by atoms with Crippen molar-refractivity contribution in [2.24, 2.45) is 0 Å². The number of hydrogen-bond donors (Lipinski definition) is 1. The van der Waals surface area contributed by atoms with Gasteiger partial charge in [0.05, 0.1) is 18.4 Å². The average molecular weight is 352 g/mol. The minimum Gasteiger partial charge on any atom is -0.481 e. The number of amides is 1. The van der Waals surface area contributed by atoms with E-state index in [1.807, 2.05) is 16.7 Å².